The highest BCUT2D eigenvalue weighted by Gasteiger charge is 2.15. The van der Waals surface area contributed by atoms with Gasteiger partial charge in [0.05, 0.1) is 24.5 Å². The van der Waals surface area contributed by atoms with Crippen molar-refractivity contribution < 1.29 is 14.6 Å². The highest BCUT2D eigenvalue weighted by Crippen LogP contribution is 2.29. The van der Waals surface area contributed by atoms with E-state index in [0.717, 1.165) is 48.3 Å². The van der Waals surface area contributed by atoms with Crippen LogP contribution >= 0.6 is 11.3 Å². The number of carbonyl (C=O) groups is 1. The molecule has 2 aromatic carbocycles. The number of hydrogen-bond acceptors (Lipinski definition) is 6. The molecule has 28 heavy (non-hydrogen) atoms. The number of nitrogens with one attached hydrogen (secondary N) is 1. The summed E-state index contributed by atoms with van der Waals surface area (Å²) in [6, 6.07) is 12.5. The molecule has 1 fully saturated rings. The largest absolute Gasteiger partial charge is 0.507 e. The molecule has 1 aromatic heterocycles. The number of amides is 1. The molecule has 0 saturated carbocycles. The highest BCUT2D eigenvalue weighted by molar-refractivity contribution is 7.14. The number of phenols is 1. The number of ether oxygens (including phenoxy) is 1. The summed E-state index contributed by atoms with van der Waals surface area (Å²) in [6.45, 7) is 5.08. The number of aromatic hydroxyl groups is 1. The Morgan fingerprint density at radius 3 is 2.68 bits per heavy atom. The molecule has 0 atom stereocenters. The van der Waals surface area contributed by atoms with E-state index in [2.05, 4.69) is 10.2 Å². The minimum absolute atomic E-state index is 0.0298. The predicted molar refractivity (Wildman–Crippen MR) is 111 cm³/mol. The molecule has 2 N–H and O–H groups in total. The van der Waals surface area contributed by atoms with Crippen molar-refractivity contribution in [3.63, 3.8) is 0 Å². The van der Waals surface area contributed by atoms with Crippen molar-refractivity contribution in [1.29, 1.82) is 0 Å². The van der Waals surface area contributed by atoms with Gasteiger partial charge in [-0.15, -0.1) is 11.3 Å². The first kappa shape index (κ1) is 18.5. The summed E-state index contributed by atoms with van der Waals surface area (Å²) in [5.41, 5.74) is 3.75. The number of thiazole rings is 1. The Balaban J connectivity index is 1.46. The van der Waals surface area contributed by atoms with Crippen LogP contribution in [0.3, 0.4) is 0 Å². The molecule has 1 saturated heterocycles. The van der Waals surface area contributed by atoms with Crippen LogP contribution in [0, 0.1) is 6.92 Å². The van der Waals surface area contributed by atoms with Crippen molar-refractivity contribution in [3.05, 3.63) is 59.0 Å². The molecule has 0 unspecified atom stereocenters. The molecule has 144 valence electrons. The third-order valence-corrected chi connectivity index (χ3v) is 5.51. The Labute approximate surface area is 167 Å². The fourth-order valence-electron chi connectivity index (χ4n) is 3.05. The standard InChI is InChI=1S/C21H21N3O3S/c1-14-2-7-19(25)17(12-14)20(26)22-16-5-3-15(4-6-16)18-13-28-21(23-18)24-8-10-27-11-9-24/h2-7,12-13,25H,8-11H2,1H3,(H,22,26). The Bertz CT molecular complexity index is 979. The molecule has 7 heteroatoms. The van der Waals surface area contributed by atoms with Crippen molar-refractivity contribution >= 4 is 28.1 Å². The lowest BCUT2D eigenvalue weighted by Gasteiger charge is -2.26. The number of nitrogens with zero attached hydrogens (tertiary/aromatic N) is 2. The first-order chi connectivity index (χ1) is 13.6. The number of hydrogen-bond donors (Lipinski definition) is 2. The molecule has 1 amide bonds. The van der Waals surface area contributed by atoms with Crippen LogP contribution in [0.5, 0.6) is 5.75 Å². The lowest BCUT2D eigenvalue weighted by atomic mass is 10.1. The molecular weight excluding hydrogens is 374 g/mol. The third-order valence-electron chi connectivity index (χ3n) is 4.61. The maximum absolute atomic E-state index is 12.4. The van der Waals surface area contributed by atoms with Gasteiger partial charge in [-0.1, -0.05) is 23.8 Å². The van der Waals surface area contributed by atoms with Crippen LogP contribution in [-0.4, -0.2) is 42.3 Å². The van der Waals surface area contributed by atoms with E-state index in [1.165, 1.54) is 6.07 Å². The van der Waals surface area contributed by atoms with Gasteiger partial charge in [-0.25, -0.2) is 4.98 Å². The summed E-state index contributed by atoms with van der Waals surface area (Å²) in [4.78, 5) is 19.4. The molecule has 3 aromatic rings. The fourth-order valence-corrected chi connectivity index (χ4v) is 3.94. The number of morpholine rings is 1. The molecule has 6 nitrogen and oxygen atoms in total. The maximum Gasteiger partial charge on any atom is 0.259 e. The minimum atomic E-state index is -0.336. The quantitative estimate of drug-likeness (QED) is 0.701. The summed E-state index contributed by atoms with van der Waals surface area (Å²) in [5, 5.41) is 15.8. The fraction of sp³-hybridized carbons (Fsp3) is 0.238. The van der Waals surface area contributed by atoms with Crippen molar-refractivity contribution in [2.45, 2.75) is 6.92 Å². The van der Waals surface area contributed by atoms with Crippen LogP contribution in [0.25, 0.3) is 11.3 Å². The molecule has 0 aliphatic carbocycles. The van der Waals surface area contributed by atoms with Crippen LogP contribution in [0.1, 0.15) is 15.9 Å². The van der Waals surface area contributed by atoms with E-state index in [0.29, 0.717) is 5.69 Å². The van der Waals surface area contributed by atoms with Crippen molar-refractivity contribution in [2.75, 3.05) is 36.5 Å². The monoisotopic (exact) mass is 395 g/mol. The van der Waals surface area contributed by atoms with E-state index in [-0.39, 0.29) is 17.2 Å². The molecular formula is C21H21N3O3S. The van der Waals surface area contributed by atoms with Crippen LogP contribution in [0.4, 0.5) is 10.8 Å². The van der Waals surface area contributed by atoms with Crippen LogP contribution in [0.2, 0.25) is 0 Å². The number of rotatable bonds is 4. The first-order valence-electron chi connectivity index (χ1n) is 9.10. The topological polar surface area (TPSA) is 74.7 Å². The molecule has 1 aliphatic heterocycles. The van der Waals surface area contributed by atoms with Crippen LogP contribution in [-0.2, 0) is 4.74 Å². The van der Waals surface area contributed by atoms with Gasteiger partial charge < -0.3 is 20.1 Å². The number of aryl methyl sites for hydroxylation is 1. The van der Waals surface area contributed by atoms with Crippen molar-refractivity contribution in [2.24, 2.45) is 0 Å². The Hall–Kier alpha value is -2.90. The lowest BCUT2D eigenvalue weighted by Crippen LogP contribution is -2.36. The number of carbonyl (C=O) groups excluding carboxylic acids is 1. The second-order valence-corrected chi connectivity index (χ2v) is 7.50. The SMILES string of the molecule is Cc1ccc(O)c(C(=O)Nc2ccc(-c3csc(N4CCOCC4)n3)cc2)c1. The first-order valence-corrected chi connectivity index (χ1v) is 9.98. The van der Waals surface area contributed by atoms with Gasteiger partial charge in [-0.05, 0) is 31.2 Å². The zero-order valence-electron chi connectivity index (χ0n) is 15.5. The smallest absolute Gasteiger partial charge is 0.259 e. The summed E-state index contributed by atoms with van der Waals surface area (Å²) >= 11 is 1.63. The summed E-state index contributed by atoms with van der Waals surface area (Å²) in [5.74, 6) is -0.366. The molecule has 4 rings (SSSR count). The molecule has 0 bridgehead atoms. The lowest BCUT2D eigenvalue weighted by molar-refractivity contribution is 0.102. The maximum atomic E-state index is 12.4. The Morgan fingerprint density at radius 1 is 1.18 bits per heavy atom. The van der Waals surface area contributed by atoms with E-state index >= 15 is 0 Å². The minimum Gasteiger partial charge on any atom is -0.507 e. The summed E-state index contributed by atoms with van der Waals surface area (Å²) in [7, 11) is 0. The Kier molecular flexibility index (Phi) is 5.27. The van der Waals surface area contributed by atoms with Crippen molar-refractivity contribution in [3.8, 4) is 17.0 Å². The van der Waals surface area contributed by atoms with Gasteiger partial charge in [0.25, 0.3) is 5.91 Å². The molecule has 0 spiro atoms. The van der Waals surface area contributed by atoms with Gasteiger partial charge in [-0.3, -0.25) is 4.79 Å². The summed E-state index contributed by atoms with van der Waals surface area (Å²) < 4.78 is 5.39. The zero-order valence-corrected chi connectivity index (χ0v) is 16.3. The van der Waals surface area contributed by atoms with Crippen molar-refractivity contribution in [1.82, 2.24) is 4.98 Å². The average Bonchev–Trinajstić information content (AvgIpc) is 3.21. The van der Waals surface area contributed by atoms with E-state index in [4.69, 9.17) is 9.72 Å². The van der Waals surface area contributed by atoms with Gasteiger partial charge in [-0.2, -0.15) is 0 Å². The third kappa shape index (κ3) is 4.00. The molecule has 0 radical (unpaired) electrons. The number of aromatic nitrogens is 1. The number of anilines is 2. The molecule has 1 aliphatic rings. The Morgan fingerprint density at radius 2 is 1.93 bits per heavy atom. The van der Waals surface area contributed by atoms with Gasteiger partial charge in [0.1, 0.15) is 5.75 Å². The highest BCUT2D eigenvalue weighted by atomic mass is 32.1. The number of phenolic OH excluding ortho intramolecular Hbond substituents is 1. The molecule has 2 heterocycles. The van der Waals surface area contributed by atoms with E-state index in [9.17, 15) is 9.90 Å². The summed E-state index contributed by atoms with van der Waals surface area (Å²) in [6.07, 6.45) is 0. The normalized spacial score (nSPS) is 14.1. The predicted octanol–water partition coefficient (Wildman–Crippen LogP) is 3.91. The number of benzene rings is 2. The van der Waals surface area contributed by atoms with Crippen LogP contribution < -0.4 is 10.2 Å². The van der Waals surface area contributed by atoms with Gasteiger partial charge in [0, 0.05) is 29.7 Å². The average molecular weight is 395 g/mol. The van der Waals surface area contributed by atoms with E-state index < -0.39 is 0 Å². The van der Waals surface area contributed by atoms with Gasteiger partial charge >= 0.3 is 0 Å². The zero-order chi connectivity index (χ0) is 19.5. The van der Waals surface area contributed by atoms with Gasteiger partial charge in [0.15, 0.2) is 5.13 Å². The van der Waals surface area contributed by atoms with E-state index in [1.54, 1.807) is 23.5 Å². The van der Waals surface area contributed by atoms with E-state index in [1.807, 2.05) is 36.6 Å². The second kappa shape index (κ2) is 8.00. The van der Waals surface area contributed by atoms with Gasteiger partial charge in [0.2, 0.25) is 0 Å². The van der Waals surface area contributed by atoms with Crippen LogP contribution in [0.15, 0.2) is 47.8 Å². The second-order valence-electron chi connectivity index (χ2n) is 6.67.